The molecule has 1 aliphatic rings. The molecule has 2 unspecified atom stereocenters. The number of benzene rings is 1. The first kappa shape index (κ1) is 24.6. The van der Waals surface area contributed by atoms with Crippen LogP contribution in [0.1, 0.15) is 24.8 Å². The number of hydrogen-bond donors (Lipinski definition) is 5. The Labute approximate surface area is 182 Å². The summed E-state index contributed by atoms with van der Waals surface area (Å²) in [6.07, 6.45) is 1.42. The highest BCUT2D eigenvalue weighted by atomic mass is 16.5. The number of urea groups is 1. The molecule has 1 fully saturated rings. The van der Waals surface area contributed by atoms with Gasteiger partial charge in [0.2, 0.25) is 11.8 Å². The van der Waals surface area contributed by atoms with Gasteiger partial charge in [-0.3, -0.25) is 9.59 Å². The highest BCUT2D eigenvalue weighted by Gasteiger charge is 2.31. The van der Waals surface area contributed by atoms with Gasteiger partial charge in [-0.05, 0) is 24.8 Å². The van der Waals surface area contributed by atoms with Crippen molar-refractivity contribution in [2.75, 3.05) is 33.4 Å². The summed E-state index contributed by atoms with van der Waals surface area (Å²) in [5.74, 6) is -1.86. The number of ether oxygens (including phenoxy) is 1. The number of carbonyl (C=O) groups excluding carboxylic acids is 3. The number of nitrogens with zero attached hydrogens (tertiary/aromatic N) is 1. The molecule has 1 aromatic carbocycles. The third-order valence-corrected chi connectivity index (χ3v) is 5.10. The first-order chi connectivity index (χ1) is 14.9. The summed E-state index contributed by atoms with van der Waals surface area (Å²) in [6.45, 7) is 1.69. The Bertz CT molecular complexity index is 715. The van der Waals surface area contributed by atoms with Crippen LogP contribution in [0.4, 0.5) is 4.79 Å². The normalized spacial score (nSPS) is 15.5. The van der Waals surface area contributed by atoms with Gasteiger partial charge in [-0.25, -0.2) is 4.79 Å². The second-order valence-electron chi connectivity index (χ2n) is 7.38. The molecule has 0 radical (unpaired) electrons. The predicted molar refractivity (Wildman–Crippen MR) is 115 cm³/mol. The van der Waals surface area contributed by atoms with Crippen molar-refractivity contribution >= 4 is 25.0 Å². The van der Waals surface area contributed by atoms with Gasteiger partial charge in [-0.2, -0.15) is 0 Å². The third kappa shape index (κ3) is 8.56. The Kier molecular flexibility index (Phi) is 10.3. The fourth-order valence-electron chi connectivity index (χ4n) is 3.31. The van der Waals surface area contributed by atoms with Crippen molar-refractivity contribution in [3.8, 4) is 0 Å². The van der Waals surface area contributed by atoms with Gasteiger partial charge in [0.25, 0.3) is 0 Å². The van der Waals surface area contributed by atoms with Crippen LogP contribution in [-0.4, -0.2) is 85.2 Å². The monoisotopic (exact) mass is 434 g/mol. The molecule has 0 bridgehead atoms. The summed E-state index contributed by atoms with van der Waals surface area (Å²) >= 11 is 0. The highest BCUT2D eigenvalue weighted by molar-refractivity contribution is 6.43. The molecule has 1 aromatic rings. The lowest BCUT2D eigenvalue weighted by atomic mass is 9.76. The maximum absolute atomic E-state index is 12.8. The molecule has 2 rings (SSSR count). The Morgan fingerprint density at radius 1 is 1.13 bits per heavy atom. The SMILES string of the molecule is CNC(=O)NC(CC(=O)N1CCOCC1)C(=O)NC(CCCc1ccccc1)B(O)O. The number of nitrogens with one attached hydrogen (secondary N) is 3. The average molecular weight is 434 g/mol. The molecule has 1 aliphatic heterocycles. The minimum Gasteiger partial charge on any atom is -0.426 e. The number of amides is 4. The maximum atomic E-state index is 12.8. The van der Waals surface area contributed by atoms with Crippen LogP contribution in [0, 0.1) is 0 Å². The van der Waals surface area contributed by atoms with E-state index in [1.807, 2.05) is 30.3 Å². The van der Waals surface area contributed by atoms with Gasteiger partial charge in [-0.1, -0.05) is 30.3 Å². The van der Waals surface area contributed by atoms with E-state index in [9.17, 15) is 24.4 Å². The van der Waals surface area contributed by atoms with Gasteiger partial charge >= 0.3 is 13.1 Å². The standard InChI is InChI=1S/C20H31BN4O6/c1-22-20(28)23-16(14-18(26)25-10-12-31-13-11-25)19(27)24-17(21(29)30)9-5-8-15-6-3-2-4-7-15/h2-4,6-7,16-17,29-30H,5,8-14H2,1H3,(H,24,27)(H2,22,23,28). The van der Waals surface area contributed by atoms with E-state index in [2.05, 4.69) is 16.0 Å². The van der Waals surface area contributed by atoms with E-state index in [-0.39, 0.29) is 12.3 Å². The van der Waals surface area contributed by atoms with Crippen LogP contribution in [0.2, 0.25) is 0 Å². The number of aryl methyl sites for hydroxylation is 1. The quantitative estimate of drug-likeness (QED) is 0.301. The second-order valence-corrected chi connectivity index (χ2v) is 7.38. The van der Waals surface area contributed by atoms with Gasteiger partial charge in [0.05, 0.1) is 25.6 Å². The zero-order valence-corrected chi connectivity index (χ0v) is 17.8. The largest absolute Gasteiger partial charge is 0.475 e. The van der Waals surface area contributed by atoms with E-state index in [4.69, 9.17) is 4.74 Å². The number of rotatable bonds is 10. The molecule has 5 N–H and O–H groups in total. The molecular weight excluding hydrogens is 403 g/mol. The van der Waals surface area contributed by atoms with Crippen LogP contribution in [0.5, 0.6) is 0 Å². The lowest BCUT2D eigenvalue weighted by Gasteiger charge is -2.29. The molecular formula is C20H31BN4O6. The molecule has 0 spiro atoms. The zero-order valence-electron chi connectivity index (χ0n) is 17.8. The third-order valence-electron chi connectivity index (χ3n) is 5.10. The van der Waals surface area contributed by atoms with E-state index >= 15 is 0 Å². The molecule has 170 valence electrons. The van der Waals surface area contributed by atoms with Gasteiger partial charge in [0.1, 0.15) is 6.04 Å². The number of morpholine rings is 1. The second kappa shape index (κ2) is 12.9. The zero-order chi connectivity index (χ0) is 22.6. The molecule has 11 heteroatoms. The van der Waals surface area contributed by atoms with Crippen molar-refractivity contribution in [1.82, 2.24) is 20.9 Å². The summed E-state index contributed by atoms with van der Waals surface area (Å²) in [7, 11) is -0.367. The van der Waals surface area contributed by atoms with Crippen LogP contribution in [0.3, 0.4) is 0 Å². The minimum absolute atomic E-state index is 0.239. The van der Waals surface area contributed by atoms with Crippen LogP contribution >= 0.6 is 0 Å². The molecule has 31 heavy (non-hydrogen) atoms. The Morgan fingerprint density at radius 3 is 2.42 bits per heavy atom. The molecule has 0 aliphatic carbocycles. The van der Waals surface area contributed by atoms with Gasteiger partial charge in [-0.15, -0.1) is 0 Å². The van der Waals surface area contributed by atoms with Crippen LogP contribution in [0.25, 0.3) is 0 Å². The molecule has 1 heterocycles. The van der Waals surface area contributed by atoms with E-state index < -0.39 is 31.0 Å². The maximum Gasteiger partial charge on any atom is 0.475 e. The molecule has 1 saturated heterocycles. The van der Waals surface area contributed by atoms with Gasteiger partial charge in [0.15, 0.2) is 0 Å². The average Bonchev–Trinajstić information content (AvgIpc) is 2.78. The van der Waals surface area contributed by atoms with E-state index in [1.54, 1.807) is 4.90 Å². The van der Waals surface area contributed by atoms with Crippen molar-refractivity contribution in [3.63, 3.8) is 0 Å². The minimum atomic E-state index is -1.77. The van der Waals surface area contributed by atoms with Crippen LogP contribution in [0.15, 0.2) is 30.3 Å². The Balaban J connectivity index is 1.95. The Hall–Kier alpha value is -2.63. The number of hydrogen-bond acceptors (Lipinski definition) is 6. The van der Waals surface area contributed by atoms with Crippen molar-refractivity contribution in [2.24, 2.45) is 0 Å². The number of carbonyl (C=O) groups is 3. The molecule has 0 aromatic heterocycles. The first-order valence-corrected chi connectivity index (χ1v) is 10.4. The first-order valence-electron chi connectivity index (χ1n) is 10.4. The fraction of sp³-hybridized carbons (Fsp3) is 0.550. The molecule has 10 nitrogen and oxygen atoms in total. The smallest absolute Gasteiger partial charge is 0.426 e. The summed E-state index contributed by atoms with van der Waals surface area (Å²) < 4.78 is 5.22. The van der Waals surface area contributed by atoms with Crippen LogP contribution < -0.4 is 16.0 Å². The van der Waals surface area contributed by atoms with Gasteiger partial charge in [0, 0.05) is 20.1 Å². The van der Waals surface area contributed by atoms with E-state index in [1.165, 1.54) is 7.05 Å². The summed E-state index contributed by atoms with van der Waals surface area (Å²) in [4.78, 5) is 38.7. The highest BCUT2D eigenvalue weighted by Crippen LogP contribution is 2.09. The van der Waals surface area contributed by atoms with E-state index in [0.29, 0.717) is 39.1 Å². The fourth-order valence-corrected chi connectivity index (χ4v) is 3.31. The molecule has 0 saturated carbocycles. The lowest BCUT2D eigenvalue weighted by Crippen LogP contribution is -2.56. The van der Waals surface area contributed by atoms with Crippen molar-refractivity contribution < 1.29 is 29.2 Å². The topological polar surface area (TPSA) is 140 Å². The molecule has 4 amide bonds. The molecule has 2 atom stereocenters. The summed E-state index contributed by atoms with van der Waals surface area (Å²) in [5.41, 5.74) is 1.11. The van der Waals surface area contributed by atoms with E-state index in [0.717, 1.165) is 12.0 Å². The van der Waals surface area contributed by atoms with Gasteiger partial charge < -0.3 is 35.6 Å². The summed E-state index contributed by atoms with van der Waals surface area (Å²) in [5, 5.41) is 26.8. The van der Waals surface area contributed by atoms with Crippen LogP contribution in [-0.2, 0) is 20.7 Å². The van der Waals surface area contributed by atoms with Crippen molar-refractivity contribution in [2.45, 2.75) is 37.7 Å². The lowest BCUT2D eigenvalue weighted by molar-refractivity contribution is -0.138. The Morgan fingerprint density at radius 2 is 1.81 bits per heavy atom. The van der Waals surface area contributed by atoms with Crippen molar-refractivity contribution in [3.05, 3.63) is 35.9 Å². The summed E-state index contributed by atoms with van der Waals surface area (Å²) in [6, 6.07) is 7.96. The predicted octanol–water partition coefficient (Wildman–Crippen LogP) is -0.947. The van der Waals surface area contributed by atoms with Crippen molar-refractivity contribution in [1.29, 1.82) is 0 Å².